The van der Waals surface area contributed by atoms with Crippen LogP contribution in [0.2, 0.25) is 0 Å². The van der Waals surface area contributed by atoms with Gasteiger partial charge in [-0.2, -0.15) is 0 Å². The highest BCUT2D eigenvalue weighted by Crippen LogP contribution is 2.38. The van der Waals surface area contributed by atoms with Gasteiger partial charge in [0, 0.05) is 39.5 Å². The lowest BCUT2D eigenvalue weighted by Gasteiger charge is -2.44. The molecular weight excluding hydrogens is 506 g/mol. The molecule has 6 nitrogen and oxygen atoms in total. The molecule has 0 saturated carbocycles. The van der Waals surface area contributed by atoms with Gasteiger partial charge >= 0.3 is 0 Å². The SMILES string of the molecule is CN1CC2(CCCCc3ccccc3OCCCC1=O)CCN(C(=O)CCCc1nc3ccccc3s1)CC2. The third-order valence-corrected chi connectivity index (χ3v) is 9.56. The van der Waals surface area contributed by atoms with E-state index < -0.39 is 0 Å². The first-order valence-electron chi connectivity index (χ1n) is 14.6. The summed E-state index contributed by atoms with van der Waals surface area (Å²) in [5.74, 6) is 1.41. The number of amides is 2. The number of likely N-dealkylation sites (tertiary alicyclic amines) is 1. The van der Waals surface area contributed by atoms with Crippen molar-refractivity contribution in [2.45, 2.75) is 70.6 Å². The predicted octanol–water partition coefficient (Wildman–Crippen LogP) is 6.27. The lowest BCUT2D eigenvalue weighted by molar-refractivity contribution is -0.136. The average Bonchev–Trinajstić information content (AvgIpc) is 3.37. The number of nitrogens with zero attached hydrogens (tertiary/aromatic N) is 3. The second-order valence-electron chi connectivity index (χ2n) is 11.3. The van der Waals surface area contributed by atoms with Crippen LogP contribution < -0.4 is 4.74 Å². The minimum Gasteiger partial charge on any atom is -0.493 e. The third kappa shape index (κ3) is 7.18. The Balaban J connectivity index is 1.15. The Morgan fingerprint density at radius 3 is 2.64 bits per heavy atom. The third-order valence-electron chi connectivity index (χ3n) is 8.46. The maximum atomic E-state index is 13.1. The van der Waals surface area contributed by atoms with Crippen LogP contribution in [0.4, 0.5) is 0 Å². The zero-order chi connectivity index (χ0) is 27.1. The lowest BCUT2D eigenvalue weighted by atomic mass is 9.73. The van der Waals surface area contributed by atoms with Crippen molar-refractivity contribution in [1.82, 2.24) is 14.8 Å². The molecule has 3 heterocycles. The molecule has 3 aromatic rings. The smallest absolute Gasteiger partial charge is 0.222 e. The summed E-state index contributed by atoms with van der Waals surface area (Å²) in [6.45, 7) is 2.93. The molecule has 2 aliphatic rings. The molecule has 1 spiro atoms. The molecular formula is C32H41N3O3S. The van der Waals surface area contributed by atoms with Gasteiger partial charge in [0.05, 0.1) is 21.8 Å². The summed E-state index contributed by atoms with van der Waals surface area (Å²) in [6.07, 6.45) is 9.75. The van der Waals surface area contributed by atoms with Gasteiger partial charge in [-0.25, -0.2) is 4.98 Å². The molecule has 39 heavy (non-hydrogen) atoms. The van der Waals surface area contributed by atoms with E-state index in [1.54, 1.807) is 11.3 Å². The van der Waals surface area contributed by atoms with Gasteiger partial charge in [0.1, 0.15) is 5.75 Å². The second-order valence-corrected chi connectivity index (χ2v) is 12.4. The van der Waals surface area contributed by atoms with Crippen molar-refractivity contribution in [3.8, 4) is 5.75 Å². The van der Waals surface area contributed by atoms with Gasteiger partial charge in [-0.15, -0.1) is 11.3 Å². The normalized spacial score (nSPS) is 18.9. The lowest BCUT2D eigenvalue weighted by Crippen LogP contribution is -2.48. The molecule has 0 atom stereocenters. The van der Waals surface area contributed by atoms with Crippen molar-refractivity contribution in [3.05, 3.63) is 59.1 Å². The van der Waals surface area contributed by atoms with Gasteiger partial charge in [-0.1, -0.05) is 36.8 Å². The molecule has 7 heteroatoms. The van der Waals surface area contributed by atoms with Crippen molar-refractivity contribution in [2.24, 2.45) is 5.41 Å². The van der Waals surface area contributed by atoms with Crippen LogP contribution in [0.15, 0.2) is 48.5 Å². The largest absolute Gasteiger partial charge is 0.493 e. The van der Waals surface area contributed by atoms with Crippen LogP contribution >= 0.6 is 11.3 Å². The Morgan fingerprint density at radius 2 is 1.79 bits per heavy atom. The van der Waals surface area contributed by atoms with E-state index in [4.69, 9.17) is 9.72 Å². The van der Waals surface area contributed by atoms with E-state index in [9.17, 15) is 9.59 Å². The summed E-state index contributed by atoms with van der Waals surface area (Å²) in [5.41, 5.74) is 2.40. The van der Waals surface area contributed by atoms with Crippen LogP contribution in [0.25, 0.3) is 10.2 Å². The number of aromatic nitrogens is 1. The van der Waals surface area contributed by atoms with Gasteiger partial charge in [0.25, 0.3) is 0 Å². The first-order valence-corrected chi connectivity index (χ1v) is 15.4. The number of benzene rings is 2. The van der Waals surface area contributed by atoms with Gasteiger partial charge in [0.2, 0.25) is 11.8 Å². The van der Waals surface area contributed by atoms with E-state index in [0.717, 1.165) is 93.7 Å². The van der Waals surface area contributed by atoms with E-state index in [1.165, 1.54) is 10.3 Å². The van der Waals surface area contributed by atoms with Crippen LogP contribution in [-0.4, -0.2) is 59.9 Å². The van der Waals surface area contributed by atoms with Crippen LogP contribution in [0.3, 0.4) is 0 Å². The van der Waals surface area contributed by atoms with Gasteiger partial charge in [-0.3, -0.25) is 9.59 Å². The highest BCUT2D eigenvalue weighted by atomic mass is 32.1. The van der Waals surface area contributed by atoms with E-state index in [-0.39, 0.29) is 17.2 Å². The fourth-order valence-electron chi connectivity index (χ4n) is 6.15. The minimum atomic E-state index is 0.0856. The fourth-order valence-corrected chi connectivity index (χ4v) is 7.16. The van der Waals surface area contributed by atoms with Crippen LogP contribution in [0, 0.1) is 5.41 Å². The number of hydrogen-bond acceptors (Lipinski definition) is 5. The van der Waals surface area contributed by atoms with E-state index in [0.29, 0.717) is 19.4 Å². The number of rotatable bonds is 4. The highest BCUT2D eigenvalue weighted by molar-refractivity contribution is 7.18. The van der Waals surface area contributed by atoms with Crippen molar-refractivity contribution in [3.63, 3.8) is 0 Å². The van der Waals surface area contributed by atoms with E-state index >= 15 is 0 Å². The van der Waals surface area contributed by atoms with Crippen molar-refractivity contribution in [2.75, 3.05) is 33.3 Å². The van der Waals surface area contributed by atoms with Gasteiger partial charge < -0.3 is 14.5 Å². The molecule has 2 amide bonds. The molecule has 2 aromatic carbocycles. The summed E-state index contributed by atoms with van der Waals surface area (Å²) in [7, 11) is 1.95. The van der Waals surface area contributed by atoms with Crippen molar-refractivity contribution < 1.29 is 14.3 Å². The molecule has 0 unspecified atom stereocenters. The summed E-state index contributed by atoms with van der Waals surface area (Å²) in [5, 5.41) is 1.11. The Labute approximate surface area is 236 Å². The molecule has 0 bridgehead atoms. The van der Waals surface area contributed by atoms with Crippen LogP contribution in [0.5, 0.6) is 5.75 Å². The Bertz CT molecular complexity index is 1230. The number of thiazole rings is 1. The zero-order valence-electron chi connectivity index (χ0n) is 23.2. The topological polar surface area (TPSA) is 62.7 Å². The molecule has 2 aliphatic heterocycles. The summed E-state index contributed by atoms with van der Waals surface area (Å²) in [6, 6.07) is 16.5. The summed E-state index contributed by atoms with van der Waals surface area (Å²) >= 11 is 1.73. The molecule has 5 rings (SSSR count). The molecule has 1 aromatic heterocycles. The molecule has 208 valence electrons. The van der Waals surface area contributed by atoms with Gasteiger partial charge in [-0.05, 0) is 80.5 Å². The molecule has 0 N–H and O–H groups in total. The molecule has 0 aliphatic carbocycles. The van der Waals surface area contributed by atoms with E-state index in [2.05, 4.69) is 23.1 Å². The zero-order valence-corrected chi connectivity index (χ0v) is 24.0. The number of para-hydroxylation sites is 2. The summed E-state index contributed by atoms with van der Waals surface area (Å²) in [4.78, 5) is 34.7. The monoisotopic (exact) mass is 547 g/mol. The summed E-state index contributed by atoms with van der Waals surface area (Å²) < 4.78 is 7.23. The highest BCUT2D eigenvalue weighted by Gasteiger charge is 2.37. The van der Waals surface area contributed by atoms with Gasteiger partial charge in [0.15, 0.2) is 0 Å². The van der Waals surface area contributed by atoms with Crippen molar-refractivity contribution in [1.29, 1.82) is 0 Å². The first-order chi connectivity index (χ1) is 19.0. The average molecular weight is 548 g/mol. The predicted molar refractivity (Wildman–Crippen MR) is 157 cm³/mol. The number of carbonyl (C=O) groups is 2. The number of piperidine rings is 1. The maximum Gasteiger partial charge on any atom is 0.222 e. The second kappa shape index (κ2) is 12.9. The number of aryl methyl sites for hydroxylation is 2. The van der Waals surface area contributed by atoms with E-state index in [1.807, 2.05) is 42.3 Å². The Kier molecular flexibility index (Phi) is 9.17. The number of carbonyl (C=O) groups excluding carboxylic acids is 2. The number of fused-ring (bicyclic) bond motifs is 2. The van der Waals surface area contributed by atoms with Crippen LogP contribution in [0.1, 0.15) is 68.4 Å². The number of ether oxygens (including phenoxy) is 1. The molecule has 1 fully saturated rings. The quantitative estimate of drug-likeness (QED) is 0.386. The maximum absolute atomic E-state index is 13.1. The molecule has 0 radical (unpaired) electrons. The Hall–Kier alpha value is -2.93. The van der Waals surface area contributed by atoms with Crippen molar-refractivity contribution >= 4 is 33.4 Å². The number of hydrogen-bond donors (Lipinski definition) is 0. The first kappa shape index (κ1) is 27.6. The van der Waals surface area contributed by atoms with Crippen LogP contribution in [-0.2, 0) is 22.4 Å². The Morgan fingerprint density at radius 1 is 1.00 bits per heavy atom. The minimum absolute atomic E-state index is 0.0856. The standard InChI is InChI=1S/C32H41N3O3S/c1-34-24-32(18-7-6-11-25-10-2-4-13-27(25)38-23-9-17-30(34)36)19-21-35(22-20-32)31(37)16-8-15-29-33-26-12-3-5-14-28(26)39-29/h2-5,10,12-14H,6-9,11,15-24H2,1H3. The fraction of sp³-hybridized carbons (Fsp3) is 0.531. The molecule has 1 saturated heterocycles.